The molecule has 0 aliphatic heterocycles. The zero-order chi connectivity index (χ0) is 18.5. The van der Waals surface area contributed by atoms with E-state index >= 15 is 0 Å². The van der Waals surface area contributed by atoms with Crippen LogP contribution in [-0.4, -0.2) is 0 Å². The molecule has 0 radical (unpaired) electrons. The Morgan fingerprint density at radius 3 is 2.30 bits per heavy atom. The van der Waals surface area contributed by atoms with E-state index in [1.807, 2.05) is 0 Å². The molecule has 3 aromatic rings. The summed E-state index contributed by atoms with van der Waals surface area (Å²) in [6.45, 7) is 2.29. The quantitative estimate of drug-likeness (QED) is 0.359. The number of unbranched alkanes of at least 4 members (excludes halogenated alkanes) is 5. The van der Waals surface area contributed by atoms with E-state index < -0.39 is 0 Å². The van der Waals surface area contributed by atoms with E-state index in [1.165, 1.54) is 72.4 Å². The summed E-state index contributed by atoms with van der Waals surface area (Å²) in [5.41, 5.74) is 7.58. The molecular weight excluding hydrogens is 324 g/mol. The van der Waals surface area contributed by atoms with Crippen LogP contribution in [0.25, 0.3) is 21.9 Å². The third kappa shape index (κ3) is 3.86. The van der Waals surface area contributed by atoms with Gasteiger partial charge in [-0.15, -0.1) is 0 Å². The van der Waals surface area contributed by atoms with E-state index in [0.29, 0.717) is 0 Å². The molecule has 1 aliphatic rings. The molecule has 1 aliphatic carbocycles. The fourth-order valence-electron chi connectivity index (χ4n) is 4.54. The van der Waals surface area contributed by atoms with Gasteiger partial charge in [-0.3, -0.25) is 0 Å². The fourth-order valence-corrected chi connectivity index (χ4v) is 4.54. The van der Waals surface area contributed by atoms with Crippen LogP contribution in [0, 0.1) is 0 Å². The highest BCUT2D eigenvalue weighted by Gasteiger charge is 2.22. The number of rotatable bonds is 8. The monoisotopic (exact) mass is 354 g/mol. The Hall–Kier alpha value is -2.34. The van der Waals surface area contributed by atoms with Gasteiger partial charge >= 0.3 is 0 Å². The third-order valence-electron chi connectivity index (χ3n) is 5.97. The molecule has 0 fully saturated rings. The average Bonchev–Trinajstić information content (AvgIpc) is 3.08. The van der Waals surface area contributed by atoms with E-state index in [2.05, 4.69) is 73.7 Å². The van der Waals surface area contributed by atoms with Crippen LogP contribution in [0.1, 0.15) is 68.6 Å². The smallest absolute Gasteiger partial charge is 0.00106 e. The first-order valence-electron chi connectivity index (χ1n) is 10.7. The molecule has 27 heavy (non-hydrogen) atoms. The zero-order valence-electron chi connectivity index (χ0n) is 16.5. The van der Waals surface area contributed by atoms with Gasteiger partial charge in [0.15, 0.2) is 0 Å². The Labute approximate surface area is 163 Å². The summed E-state index contributed by atoms with van der Waals surface area (Å²) in [6.07, 6.45) is 10.4. The first kappa shape index (κ1) is 18.0. The van der Waals surface area contributed by atoms with Crippen molar-refractivity contribution in [2.75, 3.05) is 0 Å². The molecule has 0 aromatic heterocycles. The second-order valence-electron chi connectivity index (χ2n) is 7.84. The molecule has 0 heteroatoms. The predicted molar refractivity (Wildman–Crippen MR) is 119 cm³/mol. The highest BCUT2D eigenvalue weighted by molar-refractivity contribution is 6.04. The van der Waals surface area contributed by atoms with Crippen LogP contribution in [-0.2, 0) is 6.42 Å². The second kappa shape index (κ2) is 8.57. The summed E-state index contributed by atoms with van der Waals surface area (Å²) in [4.78, 5) is 0. The van der Waals surface area contributed by atoms with Crippen molar-refractivity contribution in [2.45, 2.75) is 58.3 Å². The number of hydrogen-bond acceptors (Lipinski definition) is 0. The van der Waals surface area contributed by atoms with E-state index in [0.717, 1.165) is 6.42 Å². The molecule has 0 amide bonds. The standard InChI is InChI=1S/C27H30/c1-2-3-4-5-6-7-18-25-24-17-11-9-14-22(24)20-27(25)26-19-12-15-21-13-8-10-16-23(21)26/h8-17,19H,2-7,18,20H2,1H3. The van der Waals surface area contributed by atoms with Crippen molar-refractivity contribution in [1.29, 1.82) is 0 Å². The van der Waals surface area contributed by atoms with Crippen molar-refractivity contribution in [1.82, 2.24) is 0 Å². The van der Waals surface area contributed by atoms with Crippen LogP contribution >= 0.6 is 0 Å². The maximum atomic E-state index is 2.33. The van der Waals surface area contributed by atoms with Crippen molar-refractivity contribution in [3.63, 3.8) is 0 Å². The van der Waals surface area contributed by atoms with Gasteiger partial charge < -0.3 is 0 Å². The summed E-state index contributed by atoms with van der Waals surface area (Å²) < 4.78 is 0. The van der Waals surface area contributed by atoms with Gasteiger partial charge in [0.1, 0.15) is 0 Å². The summed E-state index contributed by atoms with van der Waals surface area (Å²) >= 11 is 0. The molecule has 0 N–H and O–H groups in total. The van der Waals surface area contributed by atoms with Crippen LogP contribution in [0.2, 0.25) is 0 Å². The molecule has 4 rings (SSSR count). The lowest BCUT2D eigenvalue weighted by Crippen LogP contribution is -1.90. The van der Waals surface area contributed by atoms with Crippen molar-refractivity contribution in [2.24, 2.45) is 0 Å². The second-order valence-corrected chi connectivity index (χ2v) is 7.84. The minimum Gasteiger partial charge on any atom is -0.0654 e. The maximum absolute atomic E-state index is 2.33. The highest BCUT2D eigenvalue weighted by atomic mass is 14.3. The van der Waals surface area contributed by atoms with Gasteiger partial charge in [0.05, 0.1) is 0 Å². The first-order chi connectivity index (χ1) is 13.4. The van der Waals surface area contributed by atoms with Crippen LogP contribution in [0.4, 0.5) is 0 Å². The van der Waals surface area contributed by atoms with Crippen molar-refractivity contribution in [3.8, 4) is 0 Å². The molecule has 0 atom stereocenters. The Morgan fingerprint density at radius 2 is 1.37 bits per heavy atom. The minimum absolute atomic E-state index is 1.08. The zero-order valence-corrected chi connectivity index (χ0v) is 16.5. The lowest BCUT2D eigenvalue weighted by atomic mass is 9.92. The third-order valence-corrected chi connectivity index (χ3v) is 5.97. The van der Waals surface area contributed by atoms with Crippen molar-refractivity contribution < 1.29 is 0 Å². The molecule has 3 aromatic carbocycles. The van der Waals surface area contributed by atoms with E-state index in [9.17, 15) is 0 Å². The Balaban J connectivity index is 1.65. The summed E-state index contributed by atoms with van der Waals surface area (Å²) in [5.74, 6) is 0. The average molecular weight is 355 g/mol. The molecule has 0 unspecified atom stereocenters. The van der Waals surface area contributed by atoms with E-state index in [4.69, 9.17) is 0 Å². The maximum Gasteiger partial charge on any atom is -0.00106 e. The molecule has 0 heterocycles. The summed E-state index contributed by atoms with van der Waals surface area (Å²) in [7, 11) is 0. The van der Waals surface area contributed by atoms with Gasteiger partial charge in [-0.25, -0.2) is 0 Å². The van der Waals surface area contributed by atoms with Gasteiger partial charge in [-0.2, -0.15) is 0 Å². The first-order valence-corrected chi connectivity index (χ1v) is 10.7. The van der Waals surface area contributed by atoms with Crippen LogP contribution in [0.3, 0.4) is 0 Å². The molecule has 0 saturated heterocycles. The van der Waals surface area contributed by atoms with Gasteiger partial charge in [0.25, 0.3) is 0 Å². The van der Waals surface area contributed by atoms with E-state index in [1.54, 1.807) is 11.1 Å². The van der Waals surface area contributed by atoms with Crippen molar-refractivity contribution in [3.05, 3.63) is 83.4 Å². The SMILES string of the molecule is CCCCCCCCC1=C(c2cccc3ccccc23)Cc2ccccc21. The minimum atomic E-state index is 1.08. The summed E-state index contributed by atoms with van der Waals surface area (Å²) in [6, 6.07) is 24.6. The number of allylic oxidation sites excluding steroid dienone is 2. The lowest BCUT2D eigenvalue weighted by Gasteiger charge is -2.12. The molecule has 0 nitrogen and oxygen atoms in total. The normalized spacial score (nSPS) is 13.4. The largest absolute Gasteiger partial charge is 0.0654 e. The molecule has 0 bridgehead atoms. The molecule has 0 spiro atoms. The van der Waals surface area contributed by atoms with Gasteiger partial charge in [0, 0.05) is 0 Å². The number of benzene rings is 3. The topological polar surface area (TPSA) is 0 Å². The Bertz CT molecular complexity index is 940. The van der Waals surface area contributed by atoms with Gasteiger partial charge in [0.2, 0.25) is 0 Å². The van der Waals surface area contributed by atoms with E-state index in [-0.39, 0.29) is 0 Å². The molecule has 138 valence electrons. The number of hydrogen-bond donors (Lipinski definition) is 0. The van der Waals surface area contributed by atoms with Gasteiger partial charge in [-0.1, -0.05) is 106 Å². The van der Waals surface area contributed by atoms with Crippen LogP contribution < -0.4 is 0 Å². The van der Waals surface area contributed by atoms with Crippen LogP contribution in [0.15, 0.2) is 66.7 Å². The fraction of sp³-hybridized carbons (Fsp3) is 0.333. The van der Waals surface area contributed by atoms with Gasteiger partial charge in [-0.05, 0) is 57.9 Å². The molecular formula is C27H30. The lowest BCUT2D eigenvalue weighted by molar-refractivity contribution is 0.613. The molecule has 0 saturated carbocycles. The van der Waals surface area contributed by atoms with Crippen molar-refractivity contribution >= 4 is 21.9 Å². The van der Waals surface area contributed by atoms with Crippen LogP contribution in [0.5, 0.6) is 0 Å². The highest BCUT2D eigenvalue weighted by Crippen LogP contribution is 2.42. The summed E-state index contributed by atoms with van der Waals surface area (Å²) in [5, 5.41) is 2.74. The Kier molecular flexibility index (Phi) is 5.72. The Morgan fingerprint density at radius 1 is 0.667 bits per heavy atom. The predicted octanol–water partition coefficient (Wildman–Crippen LogP) is 8.06. The number of fused-ring (bicyclic) bond motifs is 2.